The molecule has 17 heavy (non-hydrogen) atoms. The van der Waals surface area contributed by atoms with Gasteiger partial charge >= 0.3 is 0 Å². The third kappa shape index (κ3) is 3.30. The van der Waals surface area contributed by atoms with Gasteiger partial charge in [-0.05, 0) is 24.3 Å². The van der Waals surface area contributed by atoms with Crippen LogP contribution in [-0.4, -0.2) is 26.0 Å². The van der Waals surface area contributed by atoms with Crippen molar-refractivity contribution >= 4 is 11.6 Å². The van der Waals surface area contributed by atoms with Crippen LogP contribution in [0.1, 0.15) is 6.42 Å². The number of amides is 1. The summed E-state index contributed by atoms with van der Waals surface area (Å²) in [7, 11) is 0. The molecule has 2 aromatic rings. The molecule has 0 unspecified atom stereocenters. The zero-order chi connectivity index (χ0) is 12.1. The number of carbonyl (C=O) groups excluding carboxylic acids is 1. The molecule has 0 aliphatic rings. The molecule has 6 heteroatoms. The van der Waals surface area contributed by atoms with Crippen molar-refractivity contribution in [1.29, 1.82) is 0 Å². The Bertz CT molecular complexity index is 479. The molecule has 0 fully saturated rings. The summed E-state index contributed by atoms with van der Waals surface area (Å²) >= 11 is 0. The minimum absolute atomic E-state index is 0.105. The molecule has 1 heterocycles. The Kier molecular flexibility index (Phi) is 3.34. The van der Waals surface area contributed by atoms with E-state index in [-0.39, 0.29) is 11.7 Å². The predicted molar refractivity (Wildman–Crippen MR) is 61.4 cm³/mol. The molecule has 0 saturated heterocycles. The maximum Gasteiger partial charge on any atom is 0.226 e. The lowest BCUT2D eigenvalue weighted by molar-refractivity contribution is -0.116. The molecule has 6 nitrogen and oxygen atoms in total. The van der Waals surface area contributed by atoms with Gasteiger partial charge < -0.3 is 10.4 Å². The van der Waals surface area contributed by atoms with Crippen LogP contribution in [0.25, 0.3) is 0 Å². The first-order chi connectivity index (χ1) is 8.24. The highest BCUT2D eigenvalue weighted by Crippen LogP contribution is 2.13. The number of hydrogen-bond donors (Lipinski definition) is 2. The number of benzene rings is 1. The molecule has 0 spiro atoms. The monoisotopic (exact) mass is 232 g/mol. The zero-order valence-corrected chi connectivity index (χ0v) is 9.08. The van der Waals surface area contributed by atoms with E-state index in [4.69, 9.17) is 5.11 Å². The number of aryl methyl sites for hydroxylation is 1. The summed E-state index contributed by atoms with van der Waals surface area (Å²) < 4.78 is 1.59. The molecule has 2 rings (SSSR count). The van der Waals surface area contributed by atoms with Gasteiger partial charge in [0.1, 0.15) is 5.75 Å². The molecule has 0 radical (unpaired) electrons. The maximum atomic E-state index is 11.6. The third-order valence-corrected chi connectivity index (χ3v) is 2.19. The van der Waals surface area contributed by atoms with Gasteiger partial charge in [0.25, 0.3) is 0 Å². The Morgan fingerprint density at radius 3 is 2.76 bits per heavy atom. The van der Waals surface area contributed by atoms with Gasteiger partial charge in [0, 0.05) is 18.3 Å². The average molecular weight is 232 g/mol. The number of nitrogens with zero attached hydrogens (tertiary/aromatic N) is 3. The molecule has 1 amide bonds. The van der Waals surface area contributed by atoms with E-state index in [1.54, 1.807) is 29.2 Å². The number of nitrogens with one attached hydrogen (secondary N) is 1. The van der Waals surface area contributed by atoms with E-state index < -0.39 is 0 Å². The third-order valence-electron chi connectivity index (χ3n) is 2.19. The second-order valence-electron chi connectivity index (χ2n) is 3.51. The number of hydrogen-bond acceptors (Lipinski definition) is 4. The molecule has 0 aliphatic heterocycles. The lowest BCUT2D eigenvalue weighted by Gasteiger charge is -2.05. The highest BCUT2D eigenvalue weighted by atomic mass is 16.3. The van der Waals surface area contributed by atoms with Crippen molar-refractivity contribution in [2.45, 2.75) is 13.0 Å². The average Bonchev–Trinajstić information content (AvgIpc) is 2.83. The lowest BCUT2D eigenvalue weighted by atomic mass is 10.3. The van der Waals surface area contributed by atoms with E-state index in [0.717, 1.165) is 0 Å². The first kappa shape index (κ1) is 11.1. The van der Waals surface area contributed by atoms with Crippen LogP contribution in [0, 0.1) is 0 Å². The zero-order valence-electron chi connectivity index (χ0n) is 9.08. The minimum Gasteiger partial charge on any atom is -0.508 e. The molecule has 0 atom stereocenters. The van der Waals surface area contributed by atoms with Crippen molar-refractivity contribution in [2.75, 3.05) is 5.32 Å². The van der Waals surface area contributed by atoms with E-state index in [1.807, 2.05) is 0 Å². The number of phenolic OH excluding ortho intramolecular Hbond substituents is 1. The SMILES string of the molecule is O=C(CCn1ccnn1)Nc1ccc(O)cc1. The number of rotatable bonds is 4. The van der Waals surface area contributed by atoms with Crippen molar-refractivity contribution in [2.24, 2.45) is 0 Å². The summed E-state index contributed by atoms with van der Waals surface area (Å²) in [4.78, 5) is 11.6. The molecule has 0 bridgehead atoms. The van der Waals surface area contributed by atoms with E-state index in [1.165, 1.54) is 12.1 Å². The summed E-state index contributed by atoms with van der Waals surface area (Å²) in [5.41, 5.74) is 0.659. The van der Waals surface area contributed by atoms with Crippen molar-refractivity contribution in [1.82, 2.24) is 15.0 Å². The summed E-state index contributed by atoms with van der Waals surface area (Å²) in [6.07, 6.45) is 3.59. The number of aromatic nitrogens is 3. The molecule has 2 N–H and O–H groups in total. The van der Waals surface area contributed by atoms with Gasteiger partial charge in [0.15, 0.2) is 0 Å². The number of anilines is 1. The molecular formula is C11H12N4O2. The predicted octanol–water partition coefficient (Wildman–Crippen LogP) is 1.01. The minimum atomic E-state index is -0.105. The largest absolute Gasteiger partial charge is 0.508 e. The van der Waals surface area contributed by atoms with E-state index in [0.29, 0.717) is 18.7 Å². The Labute approximate surface area is 97.9 Å². The quantitative estimate of drug-likeness (QED) is 0.771. The second kappa shape index (κ2) is 5.11. The number of phenols is 1. The van der Waals surface area contributed by atoms with E-state index in [9.17, 15) is 4.79 Å². The van der Waals surface area contributed by atoms with Crippen LogP contribution < -0.4 is 5.32 Å². The molecule has 1 aromatic carbocycles. The van der Waals surface area contributed by atoms with Gasteiger partial charge in [-0.1, -0.05) is 5.21 Å². The van der Waals surface area contributed by atoms with Crippen LogP contribution >= 0.6 is 0 Å². The summed E-state index contributed by atoms with van der Waals surface area (Å²) in [5.74, 6) is 0.0665. The van der Waals surface area contributed by atoms with Gasteiger partial charge in [-0.2, -0.15) is 0 Å². The fourth-order valence-electron chi connectivity index (χ4n) is 1.34. The Morgan fingerprint density at radius 2 is 2.12 bits per heavy atom. The fraction of sp³-hybridized carbons (Fsp3) is 0.182. The molecular weight excluding hydrogens is 220 g/mol. The van der Waals surface area contributed by atoms with Gasteiger partial charge in [-0.15, -0.1) is 5.10 Å². The standard InChI is InChI=1S/C11H12N4O2/c16-10-3-1-9(2-4-10)13-11(17)5-7-15-8-6-12-14-15/h1-4,6,8,16H,5,7H2,(H,13,17). The van der Waals surface area contributed by atoms with Crippen molar-refractivity contribution in [3.8, 4) is 5.75 Å². The summed E-state index contributed by atoms with van der Waals surface area (Å²) in [6.45, 7) is 0.490. The van der Waals surface area contributed by atoms with Gasteiger partial charge in [-0.3, -0.25) is 9.48 Å². The Hall–Kier alpha value is -2.37. The van der Waals surface area contributed by atoms with Crippen LogP contribution in [0.15, 0.2) is 36.7 Å². The first-order valence-corrected chi connectivity index (χ1v) is 5.17. The first-order valence-electron chi connectivity index (χ1n) is 5.17. The van der Waals surface area contributed by atoms with Crippen molar-refractivity contribution in [3.05, 3.63) is 36.7 Å². The molecule has 1 aromatic heterocycles. The maximum absolute atomic E-state index is 11.6. The normalized spacial score (nSPS) is 10.1. The van der Waals surface area contributed by atoms with Crippen molar-refractivity contribution in [3.63, 3.8) is 0 Å². The smallest absolute Gasteiger partial charge is 0.226 e. The summed E-state index contributed by atoms with van der Waals surface area (Å²) in [5, 5.41) is 19.2. The van der Waals surface area contributed by atoms with Gasteiger partial charge in [-0.25, -0.2) is 0 Å². The van der Waals surface area contributed by atoms with Gasteiger partial charge in [0.2, 0.25) is 5.91 Å². The second-order valence-corrected chi connectivity index (χ2v) is 3.51. The Morgan fingerprint density at radius 1 is 1.35 bits per heavy atom. The van der Waals surface area contributed by atoms with Crippen molar-refractivity contribution < 1.29 is 9.90 Å². The van der Waals surface area contributed by atoms with E-state index >= 15 is 0 Å². The molecule has 0 saturated carbocycles. The van der Waals surface area contributed by atoms with Crippen LogP contribution in [-0.2, 0) is 11.3 Å². The van der Waals surface area contributed by atoms with Crippen LogP contribution in [0.2, 0.25) is 0 Å². The van der Waals surface area contributed by atoms with Crippen LogP contribution in [0.4, 0.5) is 5.69 Å². The van der Waals surface area contributed by atoms with Crippen LogP contribution in [0.3, 0.4) is 0 Å². The molecule has 0 aliphatic carbocycles. The lowest BCUT2D eigenvalue weighted by Crippen LogP contribution is -2.14. The van der Waals surface area contributed by atoms with Gasteiger partial charge in [0.05, 0.1) is 12.7 Å². The Balaban J connectivity index is 1.83. The molecule has 88 valence electrons. The topological polar surface area (TPSA) is 80.0 Å². The van der Waals surface area contributed by atoms with Crippen LogP contribution in [0.5, 0.6) is 5.75 Å². The van der Waals surface area contributed by atoms with E-state index in [2.05, 4.69) is 15.6 Å². The highest BCUT2D eigenvalue weighted by Gasteiger charge is 2.03. The summed E-state index contributed by atoms with van der Waals surface area (Å²) in [6, 6.07) is 6.32. The number of aromatic hydroxyl groups is 1. The fourth-order valence-corrected chi connectivity index (χ4v) is 1.34. The highest BCUT2D eigenvalue weighted by molar-refractivity contribution is 5.90. The number of carbonyl (C=O) groups is 1.